The molecule has 0 unspecified atom stereocenters. The van der Waals surface area contributed by atoms with E-state index in [-0.39, 0.29) is 35.4 Å². The summed E-state index contributed by atoms with van der Waals surface area (Å²) in [7, 11) is 0. The van der Waals surface area contributed by atoms with E-state index in [0.29, 0.717) is 36.9 Å². The van der Waals surface area contributed by atoms with Gasteiger partial charge in [-0.05, 0) is 55.3 Å². The number of aliphatic hydroxyl groups is 1. The van der Waals surface area contributed by atoms with Gasteiger partial charge in [0, 0.05) is 30.6 Å². The van der Waals surface area contributed by atoms with E-state index in [4.69, 9.17) is 4.74 Å². The van der Waals surface area contributed by atoms with Gasteiger partial charge in [0.05, 0.1) is 0 Å². The summed E-state index contributed by atoms with van der Waals surface area (Å²) in [5.41, 5.74) is -0.232. The Morgan fingerprint density at radius 3 is 2.67 bits per heavy atom. The monoisotopic (exact) mass is 416 g/mol. The van der Waals surface area contributed by atoms with Crippen LogP contribution in [0.2, 0.25) is 0 Å². The zero-order chi connectivity index (χ0) is 21.9. The molecule has 30 heavy (non-hydrogen) atoms. The lowest BCUT2D eigenvalue weighted by Crippen LogP contribution is -2.60. The van der Waals surface area contributed by atoms with Crippen molar-refractivity contribution in [1.29, 1.82) is 0 Å². The number of rotatable bonds is 4. The molecule has 3 saturated carbocycles. The predicted octanol–water partition coefficient (Wildman–Crippen LogP) is 4.02. The third-order valence-electron chi connectivity index (χ3n) is 9.50. The second kappa shape index (κ2) is 7.29. The summed E-state index contributed by atoms with van der Waals surface area (Å²) >= 11 is 0. The molecule has 5 heteroatoms. The van der Waals surface area contributed by atoms with Crippen molar-refractivity contribution in [2.75, 3.05) is 6.61 Å². The van der Waals surface area contributed by atoms with Crippen LogP contribution >= 0.6 is 0 Å². The Hall–Kier alpha value is -1.49. The third-order valence-corrected chi connectivity index (χ3v) is 9.50. The number of carbonyl (C=O) groups is 3. The number of ketones is 2. The number of hydrogen-bond donors (Lipinski definition) is 1. The first kappa shape index (κ1) is 21.7. The molecule has 3 fully saturated rings. The van der Waals surface area contributed by atoms with E-state index in [2.05, 4.69) is 19.9 Å². The van der Waals surface area contributed by atoms with Crippen molar-refractivity contribution in [3.8, 4) is 0 Å². The Morgan fingerprint density at radius 2 is 2.00 bits per heavy atom. The van der Waals surface area contributed by atoms with Gasteiger partial charge in [0.2, 0.25) is 5.78 Å². The van der Waals surface area contributed by atoms with Crippen LogP contribution in [0.25, 0.3) is 0 Å². The van der Waals surface area contributed by atoms with Gasteiger partial charge in [-0.25, -0.2) is 0 Å². The first-order chi connectivity index (χ1) is 14.1. The summed E-state index contributed by atoms with van der Waals surface area (Å²) in [5, 5.41) is 9.83. The van der Waals surface area contributed by atoms with Crippen LogP contribution in [0, 0.1) is 34.5 Å². The summed E-state index contributed by atoms with van der Waals surface area (Å²) in [6, 6.07) is 0. The smallest absolute Gasteiger partial charge is 0.306 e. The predicted molar refractivity (Wildman–Crippen MR) is 112 cm³/mol. The Bertz CT molecular complexity index is 799. The van der Waals surface area contributed by atoms with Gasteiger partial charge >= 0.3 is 5.97 Å². The topological polar surface area (TPSA) is 80.7 Å². The molecule has 0 saturated heterocycles. The van der Waals surface area contributed by atoms with E-state index in [0.717, 1.165) is 25.7 Å². The van der Waals surface area contributed by atoms with Gasteiger partial charge in [0.1, 0.15) is 12.4 Å². The second-order valence-electron chi connectivity index (χ2n) is 10.7. The number of allylic oxidation sites excluding steroid dienone is 2. The average Bonchev–Trinajstić information content (AvgIpc) is 2.95. The maximum absolute atomic E-state index is 13.2. The largest absolute Gasteiger partial charge is 0.450 e. The lowest BCUT2D eigenvalue weighted by atomic mass is 9.48. The molecule has 0 bridgehead atoms. The van der Waals surface area contributed by atoms with Gasteiger partial charge in [-0.3, -0.25) is 14.4 Å². The highest BCUT2D eigenvalue weighted by Gasteiger charge is 2.70. The number of esters is 1. The molecule has 4 rings (SSSR count). The number of ether oxygens (including phenoxy) is 1. The second-order valence-corrected chi connectivity index (χ2v) is 10.7. The van der Waals surface area contributed by atoms with Gasteiger partial charge in [0.25, 0.3) is 0 Å². The fourth-order valence-corrected chi connectivity index (χ4v) is 7.88. The van der Waals surface area contributed by atoms with Crippen molar-refractivity contribution in [3.63, 3.8) is 0 Å². The van der Waals surface area contributed by atoms with Gasteiger partial charge in [0.15, 0.2) is 5.60 Å². The van der Waals surface area contributed by atoms with Crippen LogP contribution in [-0.2, 0) is 19.1 Å². The molecule has 0 aliphatic heterocycles. The zero-order valence-corrected chi connectivity index (χ0v) is 18.8. The van der Waals surface area contributed by atoms with Crippen molar-refractivity contribution in [3.05, 3.63) is 11.6 Å². The molecule has 0 radical (unpaired) electrons. The number of Topliss-reactive ketones (excluding diaryl/α,β-unsaturated/α-hetero) is 2. The molecule has 166 valence electrons. The average molecular weight is 417 g/mol. The van der Waals surface area contributed by atoms with Crippen molar-refractivity contribution < 1.29 is 24.2 Å². The standard InChI is InChI=1S/C25H36O5/c1-5-22(29)30-25(21(28)14-26)15(2)12-20-18-7-6-16-13-17(27)8-10-23(16,3)19(18)9-11-24(20,25)4/h9,15-16,18,20,26H,5-8,10-14H2,1-4H3/t15-,16+,18+,20-,23-,24-,25-/m0/s1. The van der Waals surface area contributed by atoms with Crippen LogP contribution < -0.4 is 0 Å². The number of aliphatic hydroxyl groups excluding tert-OH is 1. The molecule has 0 spiro atoms. The summed E-state index contributed by atoms with van der Waals surface area (Å²) in [6.45, 7) is 7.58. The van der Waals surface area contributed by atoms with Crippen LogP contribution in [0.3, 0.4) is 0 Å². The Balaban J connectivity index is 1.77. The summed E-state index contributed by atoms with van der Waals surface area (Å²) < 4.78 is 5.99. The molecule has 4 aliphatic carbocycles. The molecule has 0 aromatic rings. The quantitative estimate of drug-likeness (QED) is 0.553. The van der Waals surface area contributed by atoms with Crippen molar-refractivity contribution in [1.82, 2.24) is 0 Å². The Kier molecular flexibility index (Phi) is 5.28. The molecule has 0 heterocycles. The molecule has 4 aliphatic rings. The van der Waals surface area contributed by atoms with Crippen LogP contribution in [0.15, 0.2) is 11.6 Å². The van der Waals surface area contributed by atoms with E-state index < -0.39 is 17.6 Å². The van der Waals surface area contributed by atoms with Crippen LogP contribution in [-0.4, -0.2) is 34.9 Å². The van der Waals surface area contributed by atoms with Gasteiger partial charge < -0.3 is 9.84 Å². The van der Waals surface area contributed by atoms with Gasteiger partial charge in [-0.15, -0.1) is 0 Å². The summed E-state index contributed by atoms with van der Waals surface area (Å²) in [6.07, 6.45) is 8.37. The van der Waals surface area contributed by atoms with E-state index in [9.17, 15) is 19.5 Å². The number of carbonyl (C=O) groups excluding carboxylic acids is 3. The molecule has 0 amide bonds. The summed E-state index contributed by atoms with van der Waals surface area (Å²) in [4.78, 5) is 37.7. The fraction of sp³-hybridized carbons (Fsp3) is 0.800. The minimum Gasteiger partial charge on any atom is -0.450 e. The number of hydrogen-bond acceptors (Lipinski definition) is 5. The Labute approximate surface area is 179 Å². The zero-order valence-electron chi connectivity index (χ0n) is 18.8. The van der Waals surface area contributed by atoms with Crippen molar-refractivity contribution in [2.24, 2.45) is 34.5 Å². The van der Waals surface area contributed by atoms with E-state index in [1.54, 1.807) is 6.92 Å². The molecule has 5 nitrogen and oxygen atoms in total. The highest BCUT2D eigenvalue weighted by molar-refractivity contribution is 5.92. The lowest BCUT2D eigenvalue weighted by Gasteiger charge is -2.57. The highest BCUT2D eigenvalue weighted by atomic mass is 16.6. The van der Waals surface area contributed by atoms with Crippen molar-refractivity contribution >= 4 is 17.5 Å². The first-order valence-electron chi connectivity index (χ1n) is 11.7. The first-order valence-corrected chi connectivity index (χ1v) is 11.7. The van der Waals surface area contributed by atoms with Crippen LogP contribution in [0.4, 0.5) is 0 Å². The van der Waals surface area contributed by atoms with Crippen molar-refractivity contribution in [2.45, 2.75) is 84.7 Å². The number of fused-ring (bicyclic) bond motifs is 5. The minimum atomic E-state index is -1.26. The maximum atomic E-state index is 13.2. The molecule has 1 N–H and O–H groups in total. The normalized spacial score (nSPS) is 45.1. The molecular weight excluding hydrogens is 380 g/mol. The van der Waals surface area contributed by atoms with E-state index >= 15 is 0 Å². The molecule has 7 atom stereocenters. The van der Waals surface area contributed by atoms with E-state index in [1.165, 1.54) is 5.57 Å². The molecular formula is C25H36O5. The van der Waals surface area contributed by atoms with Gasteiger partial charge in [-0.1, -0.05) is 39.3 Å². The highest BCUT2D eigenvalue weighted by Crippen LogP contribution is 2.68. The lowest BCUT2D eigenvalue weighted by molar-refractivity contribution is -0.190. The molecule has 0 aromatic heterocycles. The van der Waals surface area contributed by atoms with Crippen LogP contribution in [0.1, 0.15) is 79.1 Å². The fourth-order valence-electron chi connectivity index (χ4n) is 7.88. The van der Waals surface area contributed by atoms with Gasteiger partial charge in [-0.2, -0.15) is 0 Å². The maximum Gasteiger partial charge on any atom is 0.306 e. The SMILES string of the molecule is CCC(=O)O[C@]1(C(=O)CO)[C@@H](C)C[C@H]2[C@@H]3CC[C@@H]4CC(=O)CC[C@]4(C)C3=CC[C@@]21C. The van der Waals surface area contributed by atoms with Crippen LogP contribution in [0.5, 0.6) is 0 Å². The third kappa shape index (κ3) is 2.73. The van der Waals surface area contributed by atoms with E-state index in [1.807, 2.05) is 6.92 Å². The summed E-state index contributed by atoms with van der Waals surface area (Å²) in [5.74, 6) is 0.548. The molecule has 0 aromatic carbocycles. The Morgan fingerprint density at radius 1 is 1.27 bits per heavy atom. The minimum absolute atomic E-state index is 0.0632.